The van der Waals surface area contributed by atoms with Crippen molar-refractivity contribution in [2.75, 3.05) is 33.7 Å². The molecule has 0 saturated carbocycles. The van der Waals surface area contributed by atoms with Gasteiger partial charge < -0.3 is 16.0 Å². The van der Waals surface area contributed by atoms with Gasteiger partial charge in [0.25, 0.3) is 5.91 Å². The monoisotopic (exact) mass is 279 g/mol. The molecule has 5 heteroatoms. The Labute approximate surface area is 119 Å². The van der Waals surface area contributed by atoms with E-state index in [1.165, 1.54) is 11.3 Å². The number of carbonyl (C=O) groups is 1. The summed E-state index contributed by atoms with van der Waals surface area (Å²) in [6.45, 7) is 2.05. The van der Waals surface area contributed by atoms with Crippen molar-refractivity contribution in [3.8, 4) is 11.8 Å². The number of rotatable bonds is 6. The molecule has 1 heterocycles. The number of amides is 1. The molecule has 3 N–H and O–H groups in total. The first-order chi connectivity index (χ1) is 9.15. The molecule has 0 aromatic carbocycles. The third-order valence-electron chi connectivity index (χ3n) is 2.51. The molecule has 4 nitrogen and oxygen atoms in total. The summed E-state index contributed by atoms with van der Waals surface area (Å²) in [5.41, 5.74) is 6.10. The fraction of sp³-hybridized carbons (Fsp3) is 0.500. The number of carbonyl (C=O) groups excluding carboxylic acids is 1. The molecule has 1 aromatic rings. The Bertz CT molecular complexity index is 457. The van der Waals surface area contributed by atoms with Crippen molar-refractivity contribution in [3.05, 3.63) is 21.9 Å². The number of hydrogen-bond donors (Lipinski definition) is 2. The third-order valence-corrected chi connectivity index (χ3v) is 3.43. The van der Waals surface area contributed by atoms with E-state index >= 15 is 0 Å². The zero-order valence-electron chi connectivity index (χ0n) is 11.5. The molecule has 0 spiro atoms. The average Bonchev–Trinajstić information content (AvgIpc) is 2.83. The van der Waals surface area contributed by atoms with Gasteiger partial charge in [-0.25, -0.2) is 0 Å². The summed E-state index contributed by atoms with van der Waals surface area (Å²) in [5, 5.41) is 4.81. The molecule has 0 unspecified atom stereocenters. The number of unbranched alkanes of at least 4 members (excludes halogenated alkanes) is 1. The van der Waals surface area contributed by atoms with E-state index in [-0.39, 0.29) is 5.91 Å². The second-order valence-corrected chi connectivity index (χ2v) is 5.35. The summed E-state index contributed by atoms with van der Waals surface area (Å²) in [6, 6.07) is 1.86. The Balaban J connectivity index is 2.39. The molecule has 104 valence electrons. The summed E-state index contributed by atoms with van der Waals surface area (Å²) in [5.74, 6) is 5.65. The molecule has 0 saturated heterocycles. The van der Waals surface area contributed by atoms with Crippen LogP contribution < -0.4 is 11.1 Å². The highest BCUT2D eigenvalue weighted by atomic mass is 32.1. The van der Waals surface area contributed by atoms with Crippen molar-refractivity contribution in [1.82, 2.24) is 10.2 Å². The van der Waals surface area contributed by atoms with E-state index in [0.29, 0.717) is 18.0 Å². The summed E-state index contributed by atoms with van der Waals surface area (Å²) in [7, 11) is 4.10. The third kappa shape index (κ3) is 5.88. The second-order valence-electron chi connectivity index (χ2n) is 4.44. The average molecular weight is 279 g/mol. The Hall–Kier alpha value is -1.35. The lowest BCUT2D eigenvalue weighted by Gasteiger charge is -2.09. The fourth-order valence-electron chi connectivity index (χ4n) is 1.57. The zero-order chi connectivity index (χ0) is 14.1. The molecule has 1 amide bonds. The van der Waals surface area contributed by atoms with Crippen molar-refractivity contribution in [2.45, 2.75) is 12.8 Å². The van der Waals surface area contributed by atoms with Crippen LogP contribution in [-0.2, 0) is 0 Å². The van der Waals surface area contributed by atoms with E-state index in [1.807, 2.05) is 25.5 Å². The van der Waals surface area contributed by atoms with E-state index in [2.05, 4.69) is 22.1 Å². The van der Waals surface area contributed by atoms with Crippen LogP contribution in [0.3, 0.4) is 0 Å². The lowest BCUT2D eigenvalue weighted by Crippen LogP contribution is -2.25. The first kappa shape index (κ1) is 15.7. The van der Waals surface area contributed by atoms with E-state index < -0.39 is 0 Å². The first-order valence-electron chi connectivity index (χ1n) is 6.34. The van der Waals surface area contributed by atoms with E-state index in [1.54, 1.807) is 0 Å². The largest absolute Gasteiger partial charge is 0.351 e. The molecular weight excluding hydrogens is 258 g/mol. The molecule has 19 heavy (non-hydrogen) atoms. The predicted octanol–water partition coefficient (Wildman–Crippen LogP) is 1.13. The number of hydrogen-bond acceptors (Lipinski definition) is 4. The van der Waals surface area contributed by atoms with Crippen LogP contribution in [0.5, 0.6) is 0 Å². The van der Waals surface area contributed by atoms with Crippen molar-refractivity contribution in [2.24, 2.45) is 5.73 Å². The van der Waals surface area contributed by atoms with E-state index in [4.69, 9.17) is 5.73 Å². The molecule has 0 bridgehead atoms. The Morgan fingerprint density at radius 1 is 1.47 bits per heavy atom. The van der Waals surface area contributed by atoms with Crippen molar-refractivity contribution in [1.29, 1.82) is 0 Å². The number of thiophene rings is 1. The lowest BCUT2D eigenvalue weighted by atomic mass is 10.2. The molecule has 0 fully saturated rings. The number of nitrogens with two attached hydrogens (primary N) is 1. The van der Waals surface area contributed by atoms with Crippen LogP contribution in [0.4, 0.5) is 0 Å². The van der Waals surface area contributed by atoms with Gasteiger partial charge in [0.2, 0.25) is 0 Å². The number of nitrogens with zero attached hydrogens (tertiary/aromatic N) is 1. The summed E-state index contributed by atoms with van der Waals surface area (Å²) < 4.78 is 0. The summed E-state index contributed by atoms with van der Waals surface area (Å²) >= 11 is 1.41. The predicted molar refractivity (Wildman–Crippen MR) is 80.4 cm³/mol. The minimum absolute atomic E-state index is 0.0406. The van der Waals surface area contributed by atoms with Crippen LogP contribution >= 0.6 is 11.3 Å². The standard InChI is InChI=1S/C14H21N3OS/c1-17(2)10-4-3-9-16-14(18)13-12(6-5-8-15)7-11-19-13/h7,11H,3-4,8-10,15H2,1-2H3,(H,16,18). The molecule has 1 rings (SSSR count). The summed E-state index contributed by atoms with van der Waals surface area (Å²) in [4.78, 5) is 14.8. The quantitative estimate of drug-likeness (QED) is 0.606. The Kier molecular flexibility index (Phi) is 7.19. The van der Waals surface area contributed by atoms with Crippen LogP contribution in [0.25, 0.3) is 0 Å². The normalized spacial score (nSPS) is 10.1. The molecule has 0 aliphatic heterocycles. The lowest BCUT2D eigenvalue weighted by molar-refractivity contribution is 0.0956. The van der Waals surface area contributed by atoms with Gasteiger partial charge in [-0.05, 0) is 44.9 Å². The van der Waals surface area contributed by atoms with E-state index in [9.17, 15) is 4.79 Å². The van der Waals surface area contributed by atoms with E-state index in [0.717, 1.165) is 24.9 Å². The minimum Gasteiger partial charge on any atom is -0.351 e. The molecule has 1 aromatic heterocycles. The highest BCUT2D eigenvalue weighted by Gasteiger charge is 2.10. The van der Waals surface area contributed by atoms with Gasteiger partial charge in [-0.1, -0.05) is 11.8 Å². The molecule has 0 aliphatic carbocycles. The van der Waals surface area contributed by atoms with Crippen molar-refractivity contribution >= 4 is 17.2 Å². The van der Waals surface area contributed by atoms with Gasteiger partial charge >= 0.3 is 0 Å². The highest BCUT2D eigenvalue weighted by Crippen LogP contribution is 2.15. The second kappa shape index (κ2) is 8.70. The van der Waals surface area contributed by atoms with Crippen molar-refractivity contribution in [3.63, 3.8) is 0 Å². The smallest absolute Gasteiger partial charge is 0.262 e. The SMILES string of the molecule is CN(C)CCCCNC(=O)c1sccc1C#CCN. The van der Waals surface area contributed by atoms with Gasteiger partial charge in [0, 0.05) is 12.1 Å². The number of nitrogens with one attached hydrogen (secondary N) is 1. The topological polar surface area (TPSA) is 58.4 Å². The summed E-state index contributed by atoms with van der Waals surface area (Å²) in [6.07, 6.45) is 2.07. The Morgan fingerprint density at radius 2 is 2.26 bits per heavy atom. The fourth-order valence-corrected chi connectivity index (χ4v) is 2.33. The maximum atomic E-state index is 12.0. The van der Waals surface area contributed by atoms with Gasteiger partial charge in [-0.15, -0.1) is 11.3 Å². The van der Waals surface area contributed by atoms with Crippen LogP contribution in [0.15, 0.2) is 11.4 Å². The first-order valence-corrected chi connectivity index (χ1v) is 7.22. The molecule has 0 radical (unpaired) electrons. The molecule has 0 aliphatic rings. The molecule has 0 atom stereocenters. The van der Waals surface area contributed by atoms with Crippen LogP contribution in [0.1, 0.15) is 28.1 Å². The zero-order valence-corrected chi connectivity index (χ0v) is 12.3. The van der Waals surface area contributed by atoms with Crippen LogP contribution in [-0.4, -0.2) is 44.5 Å². The maximum absolute atomic E-state index is 12.0. The minimum atomic E-state index is -0.0406. The van der Waals surface area contributed by atoms with Gasteiger partial charge in [0.15, 0.2) is 0 Å². The van der Waals surface area contributed by atoms with Crippen molar-refractivity contribution < 1.29 is 4.79 Å². The van der Waals surface area contributed by atoms with Gasteiger partial charge in [-0.2, -0.15) is 0 Å². The van der Waals surface area contributed by atoms with Gasteiger partial charge in [0.1, 0.15) is 4.88 Å². The maximum Gasteiger partial charge on any atom is 0.262 e. The molecular formula is C14H21N3OS. The Morgan fingerprint density at radius 3 is 2.95 bits per heavy atom. The van der Waals surface area contributed by atoms with Crippen LogP contribution in [0.2, 0.25) is 0 Å². The highest BCUT2D eigenvalue weighted by molar-refractivity contribution is 7.12. The van der Waals surface area contributed by atoms with Gasteiger partial charge in [0.05, 0.1) is 6.54 Å². The van der Waals surface area contributed by atoms with Crippen LogP contribution in [0, 0.1) is 11.8 Å². The van der Waals surface area contributed by atoms with Gasteiger partial charge in [-0.3, -0.25) is 4.79 Å².